The zero-order chi connectivity index (χ0) is 13.8. The van der Waals surface area contributed by atoms with E-state index in [1.54, 1.807) is 24.1 Å². The third kappa shape index (κ3) is 2.78. The van der Waals surface area contributed by atoms with Crippen LogP contribution in [0.15, 0.2) is 24.3 Å². The maximum atomic E-state index is 12.2. The van der Waals surface area contributed by atoms with E-state index < -0.39 is 0 Å². The number of nitrogens with two attached hydrogens (primary N) is 1. The van der Waals surface area contributed by atoms with E-state index in [1.165, 1.54) is 0 Å². The highest BCUT2D eigenvalue weighted by Gasteiger charge is 2.31. The molecule has 2 amide bonds. The van der Waals surface area contributed by atoms with E-state index in [0.717, 1.165) is 12.8 Å². The summed E-state index contributed by atoms with van der Waals surface area (Å²) in [6.07, 6.45) is 1.61. The van der Waals surface area contributed by atoms with Gasteiger partial charge in [-0.15, -0.1) is 0 Å². The van der Waals surface area contributed by atoms with Crippen LogP contribution < -0.4 is 15.8 Å². The summed E-state index contributed by atoms with van der Waals surface area (Å²) in [6.45, 7) is 0.616. The second-order valence-electron chi connectivity index (χ2n) is 4.44. The van der Waals surface area contributed by atoms with Crippen LogP contribution in [0.3, 0.4) is 0 Å². The van der Waals surface area contributed by atoms with Crippen LogP contribution in [-0.4, -0.2) is 36.5 Å². The number of hydrogen-bond acceptors (Lipinski definition) is 3. The number of carbonyl (C=O) groups excluding carboxylic acids is 1. The Labute approximate surface area is 112 Å². The van der Waals surface area contributed by atoms with Crippen molar-refractivity contribution in [1.29, 1.82) is 5.41 Å². The summed E-state index contributed by atoms with van der Waals surface area (Å²) in [7, 11) is 1.55. The van der Waals surface area contributed by atoms with Gasteiger partial charge in [0.05, 0.1) is 18.8 Å². The van der Waals surface area contributed by atoms with E-state index in [-0.39, 0.29) is 17.9 Å². The van der Waals surface area contributed by atoms with Crippen molar-refractivity contribution in [2.45, 2.75) is 18.9 Å². The third-order valence-electron chi connectivity index (χ3n) is 3.22. The highest BCUT2D eigenvalue weighted by atomic mass is 16.5. The van der Waals surface area contributed by atoms with Crippen LogP contribution >= 0.6 is 0 Å². The molecule has 1 aromatic carbocycles. The van der Waals surface area contributed by atoms with Crippen molar-refractivity contribution in [2.24, 2.45) is 5.73 Å². The lowest BCUT2D eigenvalue weighted by Crippen LogP contribution is -2.45. The predicted octanol–water partition coefficient (Wildman–Crippen LogP) is 1.63. The standard InChI is InChI=1S/C13H18N4O2/c1-19-11-7-3-2-5-9(11)16-13(18)17-8-4-6-10(17)12(14)15/h2-3,5,7,10H,4,6,8H2,1H3,(H3,14,15)(H,16,18). The molecule has 0 aliphatic carbocycles. The van der Waals surface area contributed by atoms with Crippen molar-refractivity contribution in [3.63, 3.8) is 0 Å². The van der Waals surface area contributed by atoms with E-state index in [2.05, 4.69) is 5.32 Å². The Bertz CT molecular complexity index is 489. The van der Waals surface area contributed by atoms with Gasteiger partial charge in [-0.1, -0.05) is 12.1 Å². The average molecular weight is 262 g/mol. The summed E-state index contributed by atoms with van der Waals surface area (Å²) < 4.78 is 5.18. The predicted molar refractivity (Wildman–Crippen MR) is 73.7 cm³/mol. The van der Waals surface area contributed by atoms with Gasteiger partial charge in [0.2, 0.25) is 0 Å². The van der Waals surface area contributed by atoms with Crippen molar-refractivity contribution in [1.82, 2.24) is 4.90 Å². The number of methoxy groups -OCH3 is 1. The summed E-state index contributed by atoms with van der Waals surface area (Å²) >= 11 is 0. The molecule has 0 bridgehead atoms. The number of carbonyl (C=O) groups is 1. The lowest BCUT2D eigenvalue weighted by atomic mass is 10.2. The van der Waals surface area contributed by atoms with Gasteiger partial charge >= 0.3 is 6.03 Å². The van der Waals surface area contributed by atoms with Crippen LogP contribution in [0.2, 0.25) is 0 Å². The molecule has 6 heteroatoms. The molecule has 19 heavy (non-hydrogen) atoms. The van der Waals surface area contributed by atoms with Crippen molar-refractivity contribution >= 4 is 17.6 Å². The van der Waals surface area contributed by atoms with Crippen molar-refractivity contribution in [2.75, 3.05) is 19.0 Å². The van der Waals surface area contributed by atoms with E-state index in [1.807, 2.05) is 12.1 Å². The van der Waals surface area contributed by atoms with Gasteiger partial charge < -0.3 is 20.7 Å². The molecule has 1 fully saturated rings. The summed E-state index contributed by atoms with van der Waals surface area (Å²) in [5.74, 6) is 0.641. The van der Waals surface area contributed by atoms with Gasteiger partial charge in [0.1, 0.15) is 11.6 Å². The number of nitrogens with zero attached hydrogens (tertiary/aromatic N) is 1. The molecule has 1 aromatic rings. The first kappa shape index (κ1) is 13.2. The number of benzene rings is 1. The Hall–Kier alpha value is -2.24. The maximum Gasteiger partial charge on any atom is 0.322 e. The quantitative estimate of drug-likeness (QED) is 0.571. The molecule has 6 nitrogen and oxygen atoms in total. The molecule has 0 saturated carbocycles. The minimum atomic E-state index is -0.297. The Morgan fingerprint density at radius 1 is 1.53 bits per heavy atom. The molecule has 2 rings (SSSR count). The van der Waals surface area contributed by atoms with Crippen LogP contribution in [0.1, 0.15) is 12.8 Å². The number of hydrogen-bond donors (Lipinski definition) is 3. The summed E-state index contributed by atoms with van der Waals surface area (Å²) in [4.78, 5) is 13.8. The number of anilines is 1. The number of amidine groups is 1. The number of nitrogens with one attached hydrogen (secondary N) is 2. The molecule has 1 aliphatic rings. The van der Waals surface area contributed by atoms with Gasteiger partial charge in [0, 0.05) is 6.54 Å². The van der Waals surface area contributed by atoms with Gasteiger partial charge in [-0.05, 0) is 25.0 Å². The second-order valence-corrected chi connectivity index (χ2v) is 4.44. The van der Waals surface area contributed by atoms with Gasteiger partial charge in [-0.3, -0.25) is 5.41 Å². The molecule has 102 valence electrons. The second kappa shape index (κ2) is 5.60. The largest absolute Gasteiger partial charge is 0.495 e. The first-order valence-electron chi connectivity index (χ1n) is 6.18. The third-order valence-corrected chi connectivity index (χ3v) is 3.22. The molecular formula is C13H18N4O2. The number of ether oxygens (including phenoxy) is 1. The number of rotatable bonds is 3. The summed E-state index contributed by atoms with van der Waals surface area (Å²) in [6, 6.07) is 6.67. The Balaban J connectivity index is 2.10. The molecule has 1 heterocycles. The topological polar surface area (TPSA) is 91.4 Å². The van der Waals surface area contributed by atoms with Crippen LogP contribution in [0.25, 0.3) is 0 Å². The van der Waals surface area contributed by atoms with E-state index in [0.29, 0.717) is 18.0 Å². The maximum absolute atomic E-state index is 12.2. The minimum Gasteiger partial charge on any atom is -0.495 e. The lowest BCUT2D eigenvalue weighted by molar-refractivity contribution is 0.216. The van der Waals surface area contributed by atoms with E-state index >= 15 is 0 Å². The fourth-order valence-electron chi connectivity index (χ4n) is 2.27. The number of amides is 2. The summed E-state index contributed by atoms with van der Waals surface area (Å²) in [5, 5.41) is 10.3. The Morgan fingerprint density at radius 3 is 2.95 bits per heavy atom. The normalized spacial score (nSPS) is 18.2. The Kier molecular flexibility index (Phi) is 3.89. The monoisotopic (exact) mass is 262 g/mol. The van der Waals surface area contributed by atoms with Crippen LogP contribution in [0.5, 0.6) is 5.75 Å². The molecule has 1 aliphatic heterocycles. The van der Waals surface area contributed by atoms with E-state index in [4.69, 9.17) is 15.9 Å². The van der Waals surface area contributed by atoms with Gasteiger partial charge in [-0.2, -0.15) is 0 Å². The highest BCUT2D eigenvalue weighted by molar-refractivity contribution is 5.95. The van der Waals surface area contributed by atoms with E-state index in [9.17, 15) is 4.79 Å². The molecule has 4 N–H and O–H groups in total. The molecule has 0 radical (unpaired) electrons. The first-order chi connectivity index (χ1) is 9.13. The van der Waals surface area contributed by atoms with Gasteiger partial charge in [-0.25, -0.2) is 4.79 Å². The molecule has 1 saturated heterocycles. The van der Waals surface area contributed by atoms with Crippen LogP contribution in [0.4, 0.5) is 10.5 Å². The molecule has 0 aromatic heterocycles. The zero-order valence-electron chi connectivity index (χ0n) is 10.8. The SMILES string of the molecule is COc1ccccc1NC(=O)N1CCCC1C(=N)N. The fraction of sp³-hybridized carbons (Fsp3) is 0.385. The number of para-hydroxylation sites is 2. The average Bonchev–Trinajstić information content (AvgIpc) is 2.88. The number of urea groups is 1. The van der Waals surface area contributed by atoms with Crippen molar-refractivity contribution < 1.29 is 9.53 Å². The fourth-order valence-corrected chi connectivity index (χ4v) is 2.27. The van der Waals surface area contributed by atoms with Crippen molar-refractivity contribution in [3.8, 4) is 5.75 Å². The summed E-state index contributed by atoms with van der Waals surface area (Å²) in [5.41, 5.74) is 6.13. The molecule has 1 atom stereocenters. The molecular weight excluding hydrogens is 244 g/mol. The highest BCUT2D eigenvalue weighted by Crippen LogP contribution is 2.25. The molecule has 1 unspecified atom stereocenters. The Morgan fingerprint density at radius 2 is 2.26 bits per heavy atom. The van der Waals surface area contributed by atoms with Crippen molar-refractivity contribution in [3.05, 3.63) is 24.3 Å². The first-order valence-corrected chi connectivity index (χ1v) is 6.18. The zero-order valence-corrected chi connectivity index (χ0v) is 10.8. The molecule has 0 spiro atoms. The minimum absolute atomic E-state index is 0.0349. The number of likely N-dealkylation sites (tertiary alicyclic amines) is 1. The van der Waals surface area contributed by atoms with Gasteiger partial charge in [0.25, 0.3) is 0 Å². The smallest absolute Gasteiger partial charge is 0.322 e. The van der Waals surface area contributed by atoms with Crippen LogP contribution in [0, 0.1) is 5.41 Å². The van der Waals surface area contributed by atoms with Gasteiger partial charge in [0.15, 0.2) is 0 Å². The van der Waals surface area contributed by atoms with Crippen LogP contribution in [-0.2, 0) is 0 Å². The lowest BCUT2D eigenvalue weighted by Gasteiger charge is -2.24.